The van der Waals surface area contributed by atoms with Crippen LogP contribution in [0.25, 0.3) is 10.8 Å². The Kier molecular flexibility index (Phi) is 4.36. The van der Waals surface area contributed by atoms with E-state index in [1.807, 2.05) is 36.3 Å². The van der Waals surface area contributed by atoms with Gasteiger partial charge in [0.15, 0.2) is 0 Å². The van der Waals surface area contributed by atoms with Gasteiger partial charge in [-0.25, -0.2) is 0 Å². The Bertz CT molecular complexity index is 482. The number of nitrogens with two attached hydrogens (primary N) is 1. The maximum absolute atomic E-state index is 5.65. The Labute approximate surface area is 106 Å². The van der Waals surface area contributed by atoms with Crippen molar-refractivity contribution in [3.63, 3.8) is 0 Å². The molecule has 0 radical (unpaired) electrons. The summed E-state index contributed by atoms with van der Waals surface area (Å²) in [6.45, 7) is 0. The Hall–Kier alpha value is -1.10. The van der Waals surface area contributed by atoms with Crippen LogP contribution in [0.4, 0.5) is 0 Å². The lowest BCUT2D eigenvalue weighted by Gasteiger charge is -2.17. The highest BCUT2D eigenvalue weighted by atomic mass is 32.2. The highest BCUT2D eigenvalue weighted by molar-refractivity contribution is 7.98. The topological polar surface area (TPSA) is 50.9 Å². The minimum absolute atomic E-state index is 0.168. The predicted molar refractivity (Wildman–Crippen MR) is 74.8 cm³/mol. The molecule has 0 amide bonds. The number of nitrogens with one attached hydrogen (secondary N) is 1. The van der Waals surface area contributed by atoms with Crippen LogP contribution in [0.3, 0.4) is 0 Å². The van der Waals surface area contributed by atoms with Gasteiger partial charge in [0.25, 0.3) is 0 Å². The molecule has 0 saturated heterocycles. The van der Waals surface area contributed by atoms with Gasteiger partial charge < -0.3 is 0 Å². The zero-order valence-corrected chi connectivity index (χ0v) is 10.7. The summed E-state index contributed by atoms with van der Waals surface area (Å²) in [4.78, 5) is 4.29. The monoisotopic (exact) mass is 247 g/mol. The molecule has 1 heterocycles. The largest absolute Gasteiger partial charge is 0.271 e. The van der Waals surface area contributed by atoms with Crippen LogP contribution in [0.2, 0.25) is 0 Å². The van der Waals surface area contributed by atoms with Crippen LogP contribution in [-0.2, 0) is 0 Å². The van der Waals surface area contributed by atoms with Crippen LogP contribution in [0.15, 0.2) is 36.7 Å². The van der Waals surface area contributed by atoms with Crippen LogP contribution in [0.1, 0.15) is 18.0 Å². The van der Waals surface area contributed by atoms with E-state index in [0.717, 1.165) is 17.6 Å². The van der Waals surface area contributed by atoms with Crippen molar-refractivity contribution in [3.05, 3.63) is 42.2 Å². The van der Waals surface area contributed by atoms with E-state index in [-0.39, 0.29) is 6.04 Å². The third kappa shape index (κ3) is 2.77. The molecular weight excluding hydrogens is 230 g/mol. The van der Waals surface area contributed by atoms with Crippen LogP contribution in [0.5, 0.6) is 0 Å². The second-order valence-corrected chi connectivity index (χ2v) is 4.94. The second-order valence-electron chi connectivity index (χ2n) is 3.95. The van der Waals surface area contributed by atoms with Gasteiger partial charge in [-0.3, -0.25) is 16.3 Å². The number of rotatable bonds is 5. The summed E-state index contributed by atoms with van der Waals surface area (Å²) in [5.74, 6) is 6.73. The van der Waals surface area contributed by atoms with Crippen molar-refractivity contribution >= 4 is 22.5 Å². The normalized spacial score (nSPS) is 12.8. The van der Waals surface area contributed by atoms with E-state index >= 15 is 0 Å². The lowest BCUT2D eigenvalue weighted by molar-refractivity contribution is 0.545. The zero-order chi connectivity index (χ0) is 12.1. The average molecular weight is 247 g/mol. The number of hydrogen-bond donors (Lipinski definition) is 2. The molecule has 0 saturated carbocycles. The molecule has 1 atom stereocenters. The number of hydrogen-bond acceptors (Lipinski definition) is 4. The van der Waals surface area contributed by atoms with Gasteiger partial charge in [-0.1, -0.05) is 24.3 Å². The first-order valence-electron chi connectivity index (χ1n) is 5.64. The van der Waals surface area contributed by atoms with Crippen molar-refractivity contribution in [3.8, 4) is 0 Å². The summed E-state index contributed by atoms with van der Waals surface area (Å²) in [6.07, 6.45) is 6.91. The maximum atomic E-state index is 5.65. The number of nitrogens with zero attached hydrogens (tertiary/aromatic N) is 1. The molecule has 4 heteroatoms. The maximum Gasteiger partial charge on any atom is 0.0489 e. The molecule has 0 spiro atoms. The molecule has 90 valence electrons. The quantitative estimate of drug-likeness (QED) is 0.629. The van der Waals surface area contributed by atoms with Gasteiger partial charge in [0.1, 0.15) is 0 Å². The van der Waals surface area contributed by atoms with E-state index in [9.17, 15) is 0 Å². The number of pyridine rings is 1. The fourth-order valence-electron chi connectivity index (χ4n) is 1.98. The fraction of sp³-hybridized carbons (Fsp3) is 0.308. The van der Waals surface area contributed by atoms with Crippen LogP contribution >= 0.6 is 11.8 Å². The van der Waals surface area contributed by atoms with Crippen molar-refractivity contribution in [1.82, 2.24) is 10.4 Å². The van der Waals surface area contributed by atoms with E-state index in [1.165, 1.54) is 10.9 Å². The SMILES string of the molecule is CSCCC(NN)c1cncc2ccccc12. The molecule has 3 N–H and O–H groups in total. The smallest absolute Gasteiger partial charge is 0.0489 e. The van der Waals surface area contributed by atoms with E-state index in [0.29, 0.717) is 0 Å². The Balaban J connectivity index is 2.38. The molecule has 1 aromatic carbocycles. The van der Waals surface area contributed by atoms with Gasteiger partial charge in [-0.2, -0.15) is 11.8 Å². The Morgan fingerprint density at radius 2 is 2.18 bits per heavy atom. The molecule has 2 rings (SSSR count). The van der Waals surface area contributed by atoms with Crippen LogP contribution in [-0.4, -0.2) is 17.0 Å². The highest BCUT2D eigenvalue weighted by Gasteiger charge is 2.12. The average Bonchev–Trinajstić information content (AvgIpc) is 2.40. The summed E-state index contributed by atoms with van der Waals surface area (Å²) in [6, 6.07) is 8.44. The van der Waals surface area contributed by atoms with Gasteiger partial charge in [0.2, 0.25) is 0 Å². The molecule has 3 nitrogen and oxygen atoms in total. The first-order valence-corrected chi connectivity index (χ1v) is 7.04. The molecule has 2 aromatic rings. The number of aromatic nitrogens is 1. The fourth-order valence-corrected chi connectivity index (χ4v) is 2.45. The minimum atomic E-state index is 0.168. The van der Waals surface area contributed by atoms with Crippen molar-refractivity contribution in [1.29, 1.82) is 0 Å². The first kappa shape index (κ1) is 12.4. The standard InChI is InChI=1S/C13H17N3S/c1-17-7-6-13(16-14)12-9-15-8-10-4-2-3-5-11(10)12/h2-5,8-9,13,16H,6-7,14H2,1H3. The predicted octanol–water partition coefficient (Wildman–Crippen LogP) is 2.49. The number of benzene rings is 1. The molecule has 0 aliphatic carbocycles. The molecule has 0 fully saturated rings. The molecule has 17 heavy (non-hydrogen) atoms. The van der Waals surface area contributed by atoms with E-state index in [4.69, 9.17) is 5.84 Å². The molecule has 0 bridgehead atoms. The van der Waals surface area contributed by atoms with Crippen molar-refractivity contribution < 1.29 is 0 Å². The van der Waals surface area contributed by atoms with Gasteiger partial charge >= 0.3 is 0 Å². The van der Waals surface area contributed by atoms with Gasteiger partial charge in [0.05, 0.1) is 0 Å². The molecule has 1 unspecified atom stereocenters. The molecule has 0 aliphatic heterocycles. The summed E-state index contributed by atoms with van der Waals surface area (Å²) in [5.41, 5.74) is 4.07. The number of thioether (sulfide) groups is 1. The summed E-state index contributed by atoms with van der Waals surface area (Å²) >= 11 is 1.83. The number of hydrazine groups is 1. The van der Waals surface area contributed by atoms with Crippen LogP contribution in [0, 0.1) is 0 Å². The van der Waals surface area contributed by atoms with E-state index in [1.54, 1.807) is 0 Å². The third-order valence-corrected chi connectivity index (χ3v) is 3.53. The summed E-state index contributed by atoms with van der Waals surface area (Å²) < 4.78 is 0. The zero-order valence-electron chi connectivity index (χ0n) is 9.89. The van der Waals surface area contributed by atoms with Crippen molar-refractivity contribution in [2.75, 3.05) is 12.0 Å². The van der Waals surface area contributed by atoms with Gasteiger partial charge in [-0.15, -0.1) is 0 Å². The Morgan fingerprint density at radius 3 is 2.94 bits per heavy atom. The minimum Gasteiger partial charge on any atom is -0.271 e. The Morgan fingerprint density at radius 1 is 1.35 bits per heavy atom. The molecule has 0 aliphatic rings. The number of fused-ring (bicyclic) bond motifs is 1. The summed E-state index contributed by atoms with van der Waals surface area (Å²) in [7, 11) is 0. The first-order chi connectivity index (χ1) is 8.36. The summed E-state index contributed by atoms with van der Waals surface area (Å²) in [5, 5.41) is 2.39. The third-order valence-electron chi connectivity index (χ3n) is 2.89. The van der Waals surface area contributed by atoms with Crippen LogP contribution < -0.4 is 11.3 Å². The van der Waals surface area contributed by atoms with Gasteiger partial charge in [-0.05, 0) is 29.4 Å². The van der Waals surface area contributed by atoms with E-state index < -0.39 is 0 Å². The lowest BCUT2D eigenvalue weighted by atomic mass is 10.0. The lowest BCUT2D eigenvalue weighted by Crippen LogP contribution is -2.28. The van der Waals surface area contributed by atoms with Crippen molar-refractivity contribution in [2.24, 2.45) is 5.84 Å². The van der Waals surface area contributed by atoms with E-state index in [2.05, 4.69) is 28.8 Å². The highest BCUT2D eigenvalue weighted by Crippen LogP contribution is 2.25. The van der Waals surface area contributed by atoms with Crippen molar-refractivity contribution in [2.45, 2.75) is 12.5 Å². The molecular formula is C13H17N3S. The molecule has 1 aromatic heterocycles. The van der Waals surface area contributed by atoms with Gasteiger partial charge in [0, 0.05) is 23.8 Å². The second kappa shape index (κ2) is 6.00.